The summed E-state index contributed by atoms with van der Waals surface area (Å²) >= 11 is 3.35. The second-order valence-corrected chi connectivity index (χ2v) is 5.09. The zero-order valence-corrected chi connectivity index (χ0v) is 11.0. The summed E-state index contributed by atoms with van der Waals surface area (Å²) in [6.07, 6.45) is 4.48. The lowest BCUT2D eigenvalue weighted by molar-refractivity contribution is -0.137. The van der Waals surface area contributed by atoms with E-state index in [0.717, 1.165) is 16.5 Å². The summed E-state index contributed by atoms with van der Waals surface area (Å²) in [4.78, 5) is 27.3. The molecule has 1 aliphatic heterocycles. The monoisotopic (exact) mass is 296 g/mol. The minimum atomic E-state index is -0.204. The minimum absolute atomic E-state index is 0.0637. The van der Waals surface area contributed by atoms with Crippen molar-refractivity contribution in [3.8, 4) is 0 Å². The Bertz CT molecular complexity index is 462. The van der Waals surface area contributed by atoms with E-state index >= 15 is 0 Å². The van der Waals surface area contributed by atoms with E-state index in [9.17, 15) is 9.59 Å². The Morgan fingerprint density at radius 3 is 2.88 bits per heavy atom. The van der Waals surface area contributed by atoms with Gasteiger partial charge in [-0.3, -0.25) is 19.9 Å². The first-order valence-corrected chi connectivity index (χ1v) is 6.35. The Morgan fingerprint density at radius 2 is 2.24 bits per heavy atom. The first-order chi connectivity index (χ1) is 8.11. The second-order valence-electron chi connectivity index (χ2n) is 4.17. The summed E-state index contributed by atoms with van der Waals surface area (Å²) in [5.41, 5.74) is 0.939. The van der Waals surface area contributed by atoms with Gasteiger partial charge < -0.3 is 0 Å². The summed E-state index contributed by atoms with van der Waals surface area (Å²) in [5.74, 6) is -0.589. The Labute approximate surface area is 108 Å². The molecule has 0 saturated carbocycles. The van der Waals surface area contributed by atoms with Crippen LogP contribution in [0.25, 0.3) is 0 Å². The molecule has 0 radical (unpaired) electrons. The SMILES string of the molecule is CCC1C(=O)NC(=O)CC1c1cncc(Br)c1. The molecule has 5 heteroatoms. The number of nitrogens with one attached hydrogen (secondary N) is 1. The summed E-state index contributed by atoms with van der Waals surface area (Å²) in [6, 6.07) is 1.92. The molecule has 2 amide bonds. The van der Waals surface area contributed by atoms with Gasteiger partial charge in [0.25, 0.3) is 0 Å². The summed E-state index contributed by atoms with van der Waals surface area (Å²) < 4.78 is 0.864. The predicted octanol–water partition coefficient (Wildman–Crippen LogP) is 2.00. The second kappa shape index (κ2) is 4.96. The fraction of sp³-hybridized carbons (Fsp3) is 0.417. The Balaban J connectivity index is 2.34. The van der Waals surface area contributed by atoms with Crippen LogP contribution < -0.4 is 5.32 Å². The standard InChI is InChI=1S/C12H13BrN2O2/c1-2-9-10(4-11(16)15-12(9)17)7-3-8(13)6-14-5-7/h3,5-6,9-10H,2,4H2,1H3,(H,15,16,17). The molecule has 90 valence electrons. The molecule has 1 aliphatic rings. The highest BCUT2D eigenvalue weighted by molar-refractivity contribution is 9.10. The van der Waals surface area contributed by atoms with Crippen LogP contribution in [-0.4, -0.2) is 16.8 Å². The number of aromatic nitrogens is 1. The normalized spacial score (nSPS) is 24.6. The van der Waals surface area contributed by atoms with E-state index in [0.29, 0.717) is 6.42 Å². The van der Waals surface area contributed by atoms with Crippen molar-refractivity contribution >= 4 is 27.7 Å². The molecule has 2 atom stereocenters. The third-order valence-corrected chi connectivity index (χ3v) is 3.52. The van der Waals surface area contributed by atoms with Crippen molar-refractivity contribution in [1.29, 1.82) is 0 Å². The number of rotatable bonds is 2. The maximum Gasteiger partial charge on any atom is 0.230 e. The van der Waals surface area contributed by atoms with Crippen LogP contribution in [0.15, 0.2) is 22.9 Å². The van der Waals surface area contributed by atoms with E-state index in [2.05, 4.69) is 26.2 Å². The maximum absolute atomic E-state index is 11.7. The average molecular weight is 297 g/mol. The fourth-order valence-electron chi connectivity index (χ4n) is 2.26. The van der Waals surface area contributed by atoms with Gasteiger partial charge in [0.15, 0.2) is 0 Å². The number of halogens is 1. The topological polar surface area (TPSA) is 59.1 Å². The van der Waals surface area contributed by atoms with Crippen LogP contribution in [0.2, 0.25) is 0 Å². The first kappa shape index (κ1) is 12.2. The average Bonchev–Trinajstić information content (AvgIpc) is 2.28. The van der Waals surface area contributed by atoms with E-state index in [-0.39, 0.29) is 23.7 Å². The maximum atomic E-state index is 11.7. The summed E-state index contributed by atoms with van der Waals surface area (Å²) in [6.45, 7) is 1.96. The lowest BCUT2D eigenvalue weighted by Crippen LogP contribution is -2.44. The highest BCUT2D eigenvalue weighted by Gasteiger charge is 2.35. The molecule has 1 fully saturated rings. The number of pyridine rings is 1. The zero-order valence-electron chi connectivity index (χ0n) is 9.44. The first-order valence-electron chi connectivity index (χ1n) is 5.56. The third-order valence-electron chi connectivity index (χ3n) is 3.08. The molecule has 2 unspecified atom stereocenters. The number of hydrogen-bond acceptors (Lipinski definition) is 3. The van der Waals surface area contributed by atoms with Gasteiger partial charge in [-0.1, -0.05) is 6.92 Å². The molecule has 1 N–H and O–H groups in total. The van der Waals surface area contributed by atoms with E-state index < -0.39 is 0 Å². The van der Waals surface area contributed by atoms with E-state index in [1.54, 1.807) is 12.4 Å². The molecular formula is C12H13BrN2O2. The number of hydrogen-bond donors (Lipinski definition) is 1. The Kier molecular flexibility index (Phi) is 3.57. The Morgan fingerprint density at radius 1 is 1.47 bits per heavy atom. The lowest BCUT2D eigenvalue weighted by atomic mass is 9.79. The highest BCUT2D eigenvalue weighted by Crippen LogP contribution is 2.33. The molecule has 0 aliphatic carbocycles. The van der Waals surface area contributed by atoms with Gasteiger partial charge in [-0.15, -0.1) is 0 Å². The summed E-state index contributed by atoms with van der Waals surface area (Å²) in [7, 11) is 0. The molecule has 2 rings (SSSR count). The van der Waals surface area contributed by atoms with Crippen molar-refractivity contribution in [1.82, 2.24) is 10.3 Å². The smallest absolute Gasteiger partial charge is 0.230 e. The third kappa shape index (κ3) is 2.54. The van der Waals surface area contributed by atoms with Crippen molar-refractivity contribution in [3.05, 3.63) is 28.5 Å². The van der Waals surface area contributed by atoms with Crippen molar-refractivity contribution in [2.24, 2.45) is 5.92 Å². The number of carbonyl (C=O) groups excluding carboxylic acids is 2. The van der Waals surface area contributed by atoms with Gasteiger partial charge in [0, 0.05) is 35.1 Å². The quantitative estimate of drug-likeness (QED) is 0.849. The van der Waals surface area contributed by atoms with Gasteiger partial charge in [0.1, 0.15) is 0 Å². The predicted molar refractivity (Wildman–Crippen MR) is 66.2 cm³/mol. The van der Waals surface area contributed by atoms with Gasteiger partial charge in [-0.05, 0) is 34.0 Å². The number of imide groups is 1. The van der Waals surface area contributed by atoms with Gasteiger partial charge >= 0.3 is 0 Å². The van der Waals surface area contributed by atoms with Crippen LogP contribution in [0.4, 0.5) is 0 Å². The molecule has 17 heavy (non-hydrogen) atoms. The van der Waals surface area contributed by atoms with Gasteiger partial charge in [-0.2, -0.15) is 0 Å². The van der Waals surface area contributed by atoms with Crippen LogP contribution in [0.1, 0.15) is 31.2 Å². The Hall–Kier alpha value is -1.23. The minimum Gasteiger partial charge on any atom is -0.296 e. The van der Waals surface area contributed by atoms with Gasteiger partial charge in [-0.25, -0.2) is 0 Å². The summed E-state index contributed by atoms with van der Waals surface area (Å²) in [5, 5.41) is 2.38. The van der Waals surface area contributed by atoms with Crippen molar-refractivity contribution in [2.75, 3.05) is 0 Å². The van der Waals surface area contributed by atoms with E-state index in [1.807, 2.05) is 13.0 Å². The molecule has 0 spiro atoms. The van der Waals surface area contributed by atoms with E-state index in [4.69, 9.17) is 0 Å². The molecular weight excluding hydrogens is 284 g/mol. The van der Waals surface area contributed by atoms with Crippen LogP contribution >= 0.6 is 15.9 Å². The largest absolute Gasteiger partial charge is 0.296 e. The number of piperidine rings is 1. The van der Waals surface area contributed by atoms with Crippen molar-refractivity contribution in [3.63, 3.8) is 0 Å². The van der Waals surface area contributed by atoms with Gasteiger partial charge in [0.2, 0.25) is 11.8 Å². The highest BCUT2D eigenvalue weighted by atomic mass is 79.9. The molecule has 0 aromatic carbocycles. The van der Waals surface area contributed by atoms with E-state index in [1.165, 1.54) is 0 Å². The molecule has 1 saturated heterocycles. The van der Waals surface area contributed by atoms with Crippen LogP contribution in [0.5, 0.6) is 0 Å². The molecule has 0 bridgehead atoms. The molecule has 2 heterocycles. The number of amides is 2. The molecule has 1 aromatic heterocycles. The molecule has 4 nitrogen and oxygen atoms in total. The number of nitrogens with zero attached hydrogens (tertiary/aromatic N) is 1. The number of carbonyl (C=O) groups is 2. The van der Waals surface area contributed by atoms with Crippen molar-refractivity contribution < 1.29 is 9.59 Å². The van der Waals surface area contributed by atoms with Crippen LogP contribution in [0.3, 0.4) is 0 Å². The van der Waals surface area contributed by atoms with Crippen LogP contribution in [0, 0.1) is 5.92 Å². The van der Waals surface area contributed by atoms with Gasteiger partial charge in [0.05, 0.1) is 0 Å². The zero-order chi connectivity index (χ0) is 12.4. The van der Waals surface area contributed by atoms with Crippen LogP contribution in [-0.2, 0) is 9.59 Å². The lowest BCUT2D eigenvalue weighted by Gasteiger charge is -2.29. The fourth-order valence-corrected chi connectivity index (χ4v) is 2.64. The van der Waals surface area contributed by atoms with Crippen molar-refractivity contribution in [2.45, 2.75) is 25.7 Å². The molecule has 1 aromatic rings.